The van der Waals surface area contributed by atoms with Crippen molar-refractivity contribution in [3.63, 3.8) is 0 Å². The van der Waals surface area contributed by atoms with Gasteiger partial charge in [-0.3, -0.25) is 4.79 Å². The summed E-state index contributed by atoms with van der Waals surface area (Å²) in [5.74, 6) is 0.788. The fourth-order valence-electron chi connectivity index (χ4n) is 2.70. The quantitative estimate of drug-likeness (QED) is 0.424. The lowest BCUT2D eigenvalue weighted by atomic mass is 10.1. The molecule has 0 aliphatic carbocycles. The molecule has 2 rings (SSSR count). The Morgan fingerprint density at radius 3 is 2.43 bits per heavy atom. The normalized spacial score (nSPS) is 11.2. The molecule has 0 atom stereocenters. The van der Waals surface area contributed by atoms with Gasteiger partial charge in [-0.1, -0.05) is 24.3 Å². The van der Waals surface area contributed by atoms with Crippen LogP contribution in [0.3, 0.4) is 0 Å². The predicted molar refractivity (Wildman–Crippen MR) is 119 cm³/mol. The number of aryl methyl sites for hydroxylation is 1. The van der Waals surface area contributed by atoms with Gasteiger partial charge in [-0.15, -0.1) is 11.8 Å². The first kappa shape index (κ1) is 21.8. The molecule has 0 spiro atoms. The molecule has 2 aromatic rings. The van der Waals surface area contributed by atoms with Gasteiger partial charge in [0.15, 0.2) is 5.96 Å². The molecule has 0 saturated carbocycles. The molecule has 150 valence electrons. The Morgan fingerprint density at radius 2 is 1.82 bits per heavy atom. The van der Waals surface area contributed by atoms with Crippen LogP contribution in [0.1, 0.15) is 34.0 Å². The van der Waals surface area contributed by atoms with Gasteiger partial charge in [-0.25, -0.2) is 4.99 Å². The molecular formula is C22H30N4OS. The van der Waals surface area contributed by atoms with Crippen LogP contribution in [-0.2, 0) is 13.1 Å². The molecule has 0 unspecified atom stereocenters. The monoisotopic (exact) mass is 398 g/mol. The molecule has 0 aliphatic heterocycles. The summed E-state index contributed by atoms with van der Waals surface area (Å²) in [7, 11) is 3.51. The van der Waals surface area contributed by atoms with Crippen molar-refractivity contribution >= 4 is 23.6 Å². The minimum atomic E-state index is 0.00718. The number of benzene rings is 2. The van der Waals surface area contributed by atoms with E-state index in [1.165, 1.54) is 16.0 Å². The van der Waals surface area contributed by atoms with Crippen molar-refractivity contribution in [1.29, 1.82) is 0 Å². The number of amides is 1. The van der Waals surface area contributed by atoms with Crippen LogP contribution in [0.15, 0.2) is 52.4 Å². The van der Waals surface area contributed by atoms with E-state index < -0.39 is 0 Å². The number of nitrogens with zero attached hydrogens (tertiary/aromatic N) is 2. The molecule has 0 radical (unpaired) electrons. The van der Waals surface area contributed by atoms with Crippen LogP contribution in [0.4, 0.5) is 0 Å². The lowest BCUT2D eigenvalue weighted by Gasteiger charge is -2.14. The first-order valence-corrected chi connectivity index (χ1v) is 10.6. The van der Waals surface area contributed by atoms with Gasteiger partial charge < -0.3 is 15.5 Å². The molecule has 6 heteroatoms. The Kier molecular flexibility index (Phi) is 8.39. The van der Waals surface area contributed by atoms with Gasteiger partial charge in [0.25, 0.3) is 5.91 Å². The molecule has 0 aromatic heterocycles. The summed E-state index contributed by atoms with van der Waals surface area (Å²) in [4.78, 5) is 19.5. The minimum absolute atomic E-state index is 0.00718. The number of nitrogens with one attached hydrogen (secondary N) is 2. The fraction of sp³-hybridized carbons (Fsp3) is 0.364. The van der Waals surface area contributed by atoms with Gasteiger partial charge >= 0.3 is 0 Å². The van der Waals surface area contributed by atoms with Crippen LogP contribution in [0.25, 0.3) is 0 Å². The van der Waals surface area contributed by atoms with E-state index in [1.807, 2.05) is 24.3 Å². The van der Waals surface area contributed by atoms with Crippen LogP contribution < -0.4 is 10.6 Å². The lowest BCUT2D eigenvalue weighted by molar-refractivity contribution is 0.0827. The summed E-state index contributed by atoms with van der Waals surface area (Å²) in [6.07, 6.45) is 2.10. The second-order valence-corrected chi connectivity index (χ2v) is 7.61. The maximum Gasteiger partial charge on any atom is 0.253 e. The van der Waals surface area contributed by atoms with Gasteiger partial charge in [0.05, 0.1) is 6.54 Å². The second kappa shape index (κ2) is 10.8. The molecule has 0 bridgehead atoms. The van der Waals surface area contributed by atoms with Crippen LogP contribution in [0, 0.1) is 6.92 Å². The van der Waals surface area contributed by atoms with Crippen molar-refractivity contribution in [2.45, 2.75) is 31.8 Å². The Balaban J connectivity index is 2.03. The van der Waals surface area contributed by atoms with E-state index >= 15 is 0 Å². The van der Waals surface area contributed by atoms with Crippen molar-refractivity contribution in [2.24, 2.45) is 4.99 Å². The van der Waals surface area contributed by atoms with Crippen molar-refractivity contribution < 1.29 is 4.79 Å². The average Bonchev–Trinajstić information content (AvgIpc) is 2.70. The van der Waals surface area contributed by atoms with E-state index in [-0.39, 0.29) is 5.91 Å². The minimum Gasteiger partial charge on any atom is -0.357 e. The van der Waals surface area contributed by atoms with E-state index in [4.69, 9.17) is 0 Å². The lowest BCUT2D eigenvalue weighted by Crippen LogP contribution is -2.36. The van der Waals surface area contributed by atoms with Crippen LogP contribution in [0.5, 0.6) is 0 Å². The number of thioether (sulfide) groups is 1. The van der Waals surface area contributed by atoms with E-state index in [9.17, 15) is 4.79 Å². The van der Waals surface area contributed by atoms with Gasteiger partial charge in [0.1, 0.15) is 0 Å². The van der Waals surface area contributed by atoms with Crippen molar-refractivity contribution in [3.05, 3.63) is 64.7 Å². The third kappa shape index (κ3) is 6.30. The average molecular weight is 399 g/mol. The zero-order valence-electron chi connectivity index (χ0n) is 17.4. The molecule has 0 heterocycles. The third-order valence-electron chi connectivity index (χ3n) is 4.26. The van der Waals surface area contributed by atoms with Crippen LogP contribution >= 0.6 is 11.8 Å². The van der Waals surface area contributed by atoms with Crippen molar-refractivity contribution in [1.82, 2.24) is 15.5 Å². The summed E-state index contributed by atoms with van der Waals surface area (Å²) in [6.45, 7) is 6.23. The number of rotatable bonds is 7. The van der Waals surface area contributed by atoms with Crippen molar-refractivity contribution in [2.75, 3.05) is 26.9 Å². The third-order valence-corrected chi connectivity index (χ3v) is 5.08. The summed E-state index contributed by atoms with van der Waals surface area (Å²) in [5.41, 5.74) is 4.28. The Labute approximate surface area is 172 Å². The van der Waals surface area contributed by atoms with Gasteiger partial charge in [-0.05, 0) is 55.0 Å². The number of aliphatic imine (C=N–C) groups is 1. The molecule has 5 nitrogen and oxygen atoms in total. The maximum atomic E-state index is 12.0. The topological polar surface area (TPSA) is 56.7 Å². The largest absolute Gasteiger partial charge is 0.357 e. The molecule has 2 N–H and O–H groups in total. The Bertz CT molecular complexity index is 816. The fourth-order valence-corrected chi connectivity index (χ4v) is 3.41. The molecule has 0 fully saturated rings. The molecule has 0 aliphatic rings. The Morgan fingerprint density at radius 1 is 1.11 bits per heavy atom. The number of carbonyl (C=O) groups excluding carboxylic acids is 1. The van der Waals surface area contributed by atoms with Gasteiger partial charge in [0, 0.05) is 37.6 Å². The van der Waals surface area contributed by atoms with Gasteiger partial charge in [-0.2, -0.15) is 0 Å². The number of carbonyl (C=O) groups is 1. The summed E-state index contributed by atoms with van der Waals surface area (Å²) < 4.78 is 0. The van der Waals surface area contributed by atoms with E-state index in [2.05, 4.69) is 53.9 Å². The maximum absolute atomic E-state index is 12.0. The smallest absolute Gasteiger partial charge is 0.253 e. The van der Waals surface area contributed by atoms with Crippen molar-refractivity contribution in [3.8, 4) is 0 Å². The highest BCUT2D eigenvalue weighted by molar-refractivity contribution is 7.98. The predicted octanol–water partition coefficient (Wildman–Crippen LogP) is 3.67. The molecule has 0 saturated heterocycles. The number of hydrogen-bond acceptors (Lipinski definition) is 3. The zero-order valence-corrected chi connectivity index (χ0v) is 18.2. The van der Waals surface area contributed by atoms with E-state index in [0.29, 0.717) is 12.1 Å². The zero-order chi connectivity index (χ0) is 20.5. The molecular weight excluding hydrogens is 368 g/mol. The highest BCUT2D eigenvalue weighted by Gasteiger charge is 2.07. The standard InChI is InChI=1S/C22H30N4OS/c1-6-23-22(25-15-19-10-7-16(2)13-20(19)28-5)24-14-17-8-11-18(12-9-17)21(27)26(3)4/h7-13H,6,14-15H2,1-5H3,(H2,23,24,25). The molecule has 1 amide bonds. The summed E-state index contributed by atoms with van der Waals surface area (Å²) in [5, 5.41) is 6.70. The first-order chi connectivity index (χ1) is 13.4. The van der Waals surface area contributed by atoms with Crippen LogP contribution in [-0.4, -0.2) is 43.7 Å². The molecule has 2 aromatic carbocycles. The Hall–Kier alpha value is -2.47. The van der Waals surface area contributed by atoms with E-state index in [0.717, 1.165) is 24.6 Å². The van der Waals surface area contributed by atoms with Crippen LogP contribution in [0.2, 0.25) is 0 Å². The first-order valence-electron chi connectivity index (χ1n) is 9.41. The molecule has 28 heavy (non-hydrogen) atoms. The summed E-state index contributed by atoms with van der Waals surface area (Å²) >= 11 is 1.76. The van der Waals surface area contributed by atoms with Gasteiger partial charge in [0.2, 0.25) is 0 Å². The summed E-state index contributed by atoms with van der Waals surface area (Å²) in [6, 6.07) is 14.1. The highest BCUT2D eigenvalue weighted by atomic mass is 32.2. The number of hydrogen-bond donors (Lipinski definition) is 2. The highest BCUT2D eigenvalue weighted by Crippen LogP contribution is 2.21. The van der Waals surface area contributed by atoms with E-state index in [1.54, 1.807) is 30.8 Å². The number of guanidine groups is 1. The second-order valence-electron chi connectivity index (χ2n) is 6.76. The SMILES string of the molecule is CCNC(=NCc1ccc(C(=O)N(C)C)cc1)NCc1ccc(C)cc1SC.